The Kier molecular flexibility index (Phi) is 1.64. The lowest BCUT2D eigenvalue weighted by molar-refractivity contribution is 0.454. The summed E-state index contributed by atoms with van der Waals surface area (Å²) in [6.45, 7) is 0. The summed E-state index contributed by atoms with van der Waals surface area (Å²) in [6, 6.07) is 1.43. The SMILES string of the molecule is O=S(=O)([O-])c1ncccn1. The van der Waals surface area contributed by atoms with Gasteiger partial charge in [-0.3, -0.25) is 0 Å². The van der Waals surface area contributed by atoms with Crippen molar-refractivity contribution < 1.29 is 13.0 Å². The van der Waals surface area contributed by atoms with Crippen LogP contribution in [-0.4, -0.2) is 22.9 Å². The molecule has 54 valence electrons. The Labute approximate surface area is 57.5 Å². The topological polar surface area (TPSA) is 83.0 Å². The first-order valence-corrected chi connectivity index (χ1v) is 3.74. The van der Waals surface area contributed by atoms with E-state index in [1.54, 1.807) is 0 Å². The van der Waals surface area contributed by atoms with Crippen LogP contribution in [0.2, 0.25) is 0 Å². The van der Waals surface area contributed by atoms with Crippen LogP contribution < -0.4 is 0 Å². The normalized spacial score (nSPS) is 11.3. The average Bonchev–Trinajstić information content (AvgIpc) is 1.88. The fourth-order valence-corrected chi connectivity index (χ4v) is 0.794. The number of hydrogen-bond acceptors (Lipinski definition) is 5. The molecule has 10 heavy (non-hydrogen) atoms. The van der Waals surface area contributed by atoms with Crippen molar-refractivity contribution in [1.29, 1.82) is 0 Å². The van der Waals surface area contributed by atoms with Crippen LogP contribution in [0.5, 0.6) is 0 Å². The molecule has 0 aliphatic carbocycles. The number of rotatable bonds is 1. The largest absolute Gasteiger partial charge is 0.742 e. The van der Waals surface area contributed by atoms with Crippen molar-refractivity contribution in [2.24, 2.45) is 0 Å². The number of nitrogens with zero attached hydrogens (tertiary/aromatic N) is 2. The van der Waals surface area contributed by atoms with Crippen molar-refractivity contribution in [2.75, 3.05) is 0 Å². The van der Waals surface area contributed by atoms with Crippen molar-refractivity contribution in [3.63, 3.8) is 0 Å². The summed E-state index contributed by atoms with van der Waals surface area (Å²) in [6.07, 6.45) is 2.38. The lowest BCUT2D eigenvalue weighted by atomic mass is 10.7. The summed E-state index contributed by atoms with van der Waals surface area (Å²) < 4.78 is 30.5. The maximum atomic E-state index is 10.2. The van der Waals surface area contributed by atoms with Gasteiger partial charge in [0.25, 0.3) is 0 Å². The minimum absolute atomic E-state index is 0.685. The first-order chi connectivity index (χ1) is 4.61. The van der Waals surface area contributed by atoms with Gasteiger partial charge in [-0.2, -0.15) is 0 Å². The van der Waals surface area contributed by atoms with Gasteiger partial charge in [-0.15, -0.1) is 0 Å². The van der Waals surface area contributed by atoms with Gasteiger partial charge < -0.3 is 4.55 Å². The molecule has 0 N–H and O–H groups in total. The van der Waals surface area contributed by atoms with Crippen molar-refractivity contribution in [3.8, 4) is 0 Å². The molecule has 5 nitrogen and oxygen atoms in total. The number of aromatic nitrogens is 2. The summed E-state index contributed by atoms with van der Waals surface area (Å²) in [5.41, 5.74) is 0. The minimum Gasteiger partial charge on any atom is -0.742 e. The second kappa shape index (κ2) is 2.31. The van der Waals surface area contributed by atoms with E-state index < -0.39 is 15.3 Å². The first-order valence-electron chi connectivity index (χ1n) is 2.33. The minimum atomic E-state index is -4.48. The van der Waals surface area contributed by atoms with Crippen LogP contribution in [0.15, 0.2) is 23.6 Å². The Bertz CT molecular complexity index is 307. The first kappa shape index (κ1) is 7.10. The molecule has 0 radical (unpaired) electrons. The molecular weight excluding hydrogens is 156 g/mol. The van der Waals surface area contributed by atoms with E-state index in [1.165, 1.54) is 18.5 Å². The molecule has 0 atom stereocenters. The van der Waals surface area contributed by atoms with E-state index in [9.17, 15) is 13.0 Å². The van der Waals surface area contributed by atoms with E-state index in [4.69, 9.17) is 0 Å². The Morgan fingerprint density at radius 3 is 2.10 bits per heavy atom. The van der Waals surface area contributed by atoms with E-state index in [0.29, 0.717) is 0 Å². The summed E-state index contributed by atoms with van der Waals surface area (Å²) >= 11 is 0. The van der Waals surface area contributed by atoms with E-state index >= 15 is 0 Å². The molecule has 0 aliphatic rings. The third-order valence-corrected chi connectivity index (χ3v) is 1.42. The molecule has 0 saturated carbocycles. The molecule has 1 rings (SSSR count). The molecule has 0 bridgehead atoms. The van der Waals surface area contributed by atoms with Crippen LogP contribution in [0, 0.1) is 0 Å². The molecular formula is C4H3N2O3S-. The second-order valence-electron chi connectivity index (χ2n) is 1.49. The van der Waals surface area contributed by atoms with Crippen LogP contribution in [-0.2, 0) is 10.1 Å². The fourth-order valence-electron chi connectivity index (χ4n) is 0.415. The predicted octanol–water partition coefficient (Wildman–Crippen LogP) is -0.619. The Hall–Kier alpha value is -1.01. The van der Waals surface area contributed by atoms with Crippen LogP contribution >= 0.6 is 0 Å². The average molecular weight is 159 g/mol. The molecule has 6 heteroatoms. The zero-order chi connectivity index (χ0) is 7.61. The van der Waals surface area contributed by atoms with Crippen molar-refractivity contribution in [3.05, 3.63) is 18.5 Å². The third-order valence-electron chi connectivity index (χ3n) is 0.766. The quantitative estimate of drug-likeness (QED) is 0.403. The Balaban J connectivity index is 3.22. The van der Waals surface area contributed by atoms with Gasteiger partial charge in [-0.25, -0.2) is 18.4 Å². The van der Waals surface area contributed by atoms with Gasteiger partial charge in [-0.05, 0) is 6.07 Å². The highest BCUT2D eigenvalue weighted by Crippen LogP contribution is 1.95. The van der Waals surface area contributed by atoms with E-state index in [-0.39, 0.29) is 0 Å². The van der Waals surface area contributed by atoms with Crippen LogP contribution in [0.1, 0.15) is 0 Å². The van der Waals surface area contributed by atoms with E-state index in [1.807, 2.05) is 0 Å². The lowest BCUT2D eigenvalue weighted by Crippen LogP contribution is -2.03. The van der Waals surface area contributed by atoms with Gasteiger partial charge in [0, 0.05) is 12.4 Å². The maximum Gasteiger partial charge on any atom is 0.234 e. The van der Waals surface area contributed by atoms with Crippen molar-refractivity contribution in [2.45, 2.75) is 5.16 Å². The number of hydrogen-bond donors (Lipinski definition) is 0. The molecule has 1 heterocycles. The maximum absolute atomic E-state index is 10.2. The van der Waals surface area contributed by atoms with E-state index in [0.717, 1.165) is 0 Å². The smallest absolute Gasteiger partial charge is 0.234 e. The zero-order valence-corrected chi connectivity index (χ0v) is 5.58. The monoisotopic (exact) mass is 159 g/mol. The predicted molar refractivity (Wildman–Crippen MR) is 30.0 cm³/mol. The molecule has 0 amide bonds. The van der Waals surface area contributed by atoms with Gasteiger partial charge >= 0.3 is 0 Å². The summed E-state index contributed by atoms with van der Waals surface area (Å²) in [5, 5.41) is -0.685. The third kappa shape index (κ3) is 1.49. The van der Waals surface area contributed by atoms with Crippen molar-refractivity contribution in [1.82, 2.24) is 9.97 Å². The molecule has 0 spiro atoms. The second-order valence-corrected chi connectivity index (χ2v) is 2.76. The standard InChI is InChI=1S/C4H4N2O3S/c7-10(8,9)4-5-2-1-3-6-4/h1-3H,(H,7,8,9)/p-1. The van der Waals surface area contributed by atoms with E-state index in [2.05, 4.69) is 9.97 Å². The molecule has 0 saturated heterocycles. The van der Waals surface area contributed by atoms with Gasteiger partial charge in [0.2, 0.25) is 5.16 Å². The fraction of sp³-hybridized carbons (Fsp3) is 0. The highest BCUT2D eigenvalue weighted by molar-refractivity contribution is 7.85. The molecule has 0 unspecified atom stereocenters. The zero-order valence-electron chi connectivity index (χ0n) is 4.76. The molecule has 1 aromatic rings. The van der Waals surface area contributed by atoms with Gasteiger partial charge in [0.05, 0.1) is 0 Å². The lowest BCUT2D eigenvalue weighted by Gasteiger charge is -2.01. The summed E-state index contributed by atoms with van der Waals surface area (Å²) in [4.78, 5) is 6.48. The molecule has 1 aromatic heterocycles. The highest BCUT2D eigenvalue weighted by Gasteiger charge is 2.00. The van der Waals surface area contributed by atoms with Crippen LogP contribution in [0.25, 0.3) is 0 Å². The summed E-state index contributed by atoms with van der Waals surface area (Å²) in [7, 11) is -4.48. The van der Waals surface area contributed by atoms with Crippen LogP contribution in [0.4, 0.5) is 0 Å². The molecule has 0 aromatic carbocycles. The van der Waals surface area contributed by atoms with Gasteiger partial charge in [-0.1, -0.05) is 0 Å². The van der Waals surface area contributed by atoms with Crippen LogP contribution in [0.3, 0.4) is 0 Å². The molecule has 0 aliphatic heterocycles. The van der Waals surface area contributed by atoms with Gasteiger partial charge in [0.15, 0.2) is 10.1 Å². The van der Waals surface area contributed by atoms with Gasteiger partial charge in [0.1, 0.15) is 0 Å². The molecule has 0 fully saturated rings. The highest BCUT2D eigenvalue weighted by atomic mass is 32.2. The summed E-state index contributed by atoms with van der Waals surface area (Å²) in [5.74, 6) is 0. The van der Waals surface area contributed by atoms with Crippen molar-refractivity contribution >= 4 is 10.1 Å². The Morgan fingerprint density at radius 1 is 1.30 bits per heavy atom. The Morgan fingerprint density at radius 2 is 1.80 bits per heavy atom.